The summed E-state index contributed by atoms with van der Waals surface area (Å²) in [7, 11) is 1.72. The summed E-state index contributed by atoms with van der Waals surface area (Å²) in [6.07, 6.45) is 4.51. The average Bonchev–Trinajstić information content (AvgIpc) is 2.41. The Balaban J connectivity index is 0.00000361. The van der Waals surface area contributed by atoms with E-state index in [-0.39, 0.29) is 24.1 Å². The van der Waals surface area contributed by atoms with E-state index in [1.165, 1.54) is 6.07 Å². The number of benzene rings is 1. The normalized spacial score (nSPS) is 9.95. The third-order valence-electron chi connectivity index (χ3n) is 3.14. The van der Waals surface area contributed by atoms with Crippen molar-refractivity contribution >= 4 is 18.3 Å². The molecule has 1 rings (SSSR count). The van der Waals surface area contributed by atoms with Gasteiger partial charge in [0.15, 0.2) is 0 Å². The second-order valence-corrected chi connectivity index (χ2v) is 4.79. The second-order valence-electron chi connectivity index (χ2n) is 4.79. The lowest BCUT2D eigenvalue weighted by Gasteiger charge is -2.17. The molecule has 0 aromatic heterocycles. The van der Waals surface area contributed by atoms with Gasteiger partial charge in [-0.05, 0) is 25.5 Å². The predicted octanol–water partition coefficient (Wildman–Crippen LogP) is 3.12. The van der Waals surface area contributed by atoms with E-state index < -0.39 is 0 Å². The number of unbranched alkanes of at least 4 members (excludes halogenated alkanes) is 3. The number of nitrogens with two attached hydrogens (primary N) is 1. The van der Waals surface area contributed by atoms with Crippen molar-refractivity contribution in [2.75, 3.05) is 13.6 Å². The SMILES string of the molecule is CN(Cc1ccccc1F)C(=O)CCCCCCN.Cl. The largest absolute Gasteiger partial charge is 0.341 e. The minimum Gasteiger partial charge on any atom is -0.341 e. The highest BCUT2D eigenvalue weighted by molar-refractivity contribution is 5.85. The zero-order chi connectivity index (χ0) is 14.1. The molecule has 3 nitrogen and oxygen atoms in total. The molecule has 0 fully saturated rings. The fourth-order valence-corrected chi connectivity index (χ4v) is 1.94. The van der Waals surface area contributed by atoms with Crippen LogP contribution in [0.4, 0.5) is 4.39 Å². The van der Waals surface area contributed by atoms with Crippen LogP contribution in [0.25, 0.3) is 0 Å². The Morgan fingerprint density at radius 2 is 1.85 bits per heavy atom. The molecule has 0 bridgehead atoms. The summed E-state index contributed by atoms with van der Waals surface area (Å²) in [4.78, 5) is 13.5. The van der Waals surface area contributed by atoms with Gasteiger partial charge in [-0.1, -0.05) is 31.0 Å². The van der Waals surface area contributed by atoms with Gasteiger partial charge in [0.2, 0.25) is 5.91 Å². The summed E-state index contributed by atoms with van der Waals surface area (Å²) >= 11 is 0. The van der Waals surface area contributed by atoms with E-state index in [2.05, 4.69) is 0 Å². The maximum atomic E-state index is 13.5. The molecule has 1 amide bonds. The monoisotopic (exact) mass is 302 g/mol. The van der Waals surface area contributed by atoms with Crippen LogP contribution in [0.2, 0.25) is 0 Å². The Kier molecular flexibility index (Phi) is 10.0. The molecule has 0 unspecified atom stereocenters. The molecule has 5 heteroatoms. The predicted molar refractivity (Wildman–Crippen MR) is 82.3 cm³/mol. The Labute approximate surface area is 126 Å². The molecule has 20 heavy (non-hydrogen) atoms. The van der Waals surface area contributed by atoms with Crippen molar-refractivity contribution in [1.29, 1.82) is 0 Å². The zero-order valence-electron chi connectivity index (χ0n) is 12.0. The number of hydrogen-bond donors (Lipinski definition) is 1. The number of amides is 1. The van der Waals surface area contributed by atoms with Gasteiger partial charge < -0.3 is 10.6 Å². The van der Waals surface area contributed by atoms with Gasteiger partial charge >= 0.3 is 0 Å². The van der Waals surface area contributed by atoms with Crippen LogP contribution >= 0.6 is 12.4 Å². The van der Waals surface area contributed by atoms with E-state index in [0.717, 1.165) is 25.7 Å². The minimum atomic E-state index is -0.259. The molecule has 2 N–H and O–H groups in total. The molecular formula is C15H24ClFN2O. The number of rotatable bonds is 8. The van der Waals surface area contributed by atoms with Crippen LogP contribution in [0.1, 0.15) is 37.7 Å². The van der Waals surface area contributed by atoms with Crippen molar-refractivity contribution in [3.05, 3.63) is 35.6 Å². The lowest BCUT2D eigenvalue weighted by molar-refractivity contribution is -0.130. The van der Waals surface area contributed by atoms with Crippen molar-refractivity contribution in [3.8, 4) is 0 Å². The van der Waals surface area contributed by atoms with Gasteiger partial charge in [-0.2, -0.15) is 0 Å². The van der Waals surface area contributed by atoms with E-state index in [0.29, 0.717) is 25.1 Å². The molecule has 0 spiro atoms. The van der Waals surface area contributed by atoms with Crippen LogP contribution < -0.4 is 5.73 Å². The van der Waals surface area contributed by atoms with Crippen molar-refractivity contribution in [3.63, 3.8) is 0 Å². The summed E-state index contributed by atoms with van der Waals surface area (Å²) in [6, 6.07) is 6.56. The van der Waals surface area contributed by atoms with Gasteiger partial charge in [0.1, 0.15) is 5.82 Å². The van der Waals surface area contributed by atoms with Gasteiger partial charge in [-0.3, -0.25) is 4.79 Å². The lowest BCUT2D eigenvalue weighted by Crippen LogP contribution is -2.26. The molecule has 1 aromatic carbocycles. The van der Waals surface area contributed by atoms with Crippen LogP contribution in [-0.4, -0.2) is 24.4 Å². The minimum absolute atomic E-state index is 0. The van der Waals surface area contributed by atoms with E-state index in [9.17, 15) is 9.18 Å². The molecule has 0 radical (unpaired) electrons. The van der Waals surface area contributed by atoms with Crippen LogP contribution in [0.15, 0.2) is 24.3 Å². The zero-order valence-corrected chi connectivity index (χ0v) is 12.8. The quantitative estimate of drug-likeness (QED) is 0.750. The average molecular weight is 303 g/mol. The van der Waals surface area contributed by atoms with E-state index in [1.54, 1.807) is 30.1 Å². The van der Waals surface area contributed by atoms with Crippen molar-refractivity contribution < 1.29 is 9.18 Å². The van der Waals surface area contributed by atoms with Crippen LogP contribution in [0, 0.1) is 5.82 Å². The Morgan fingerprint density at radius 3 is 2.50 bits per heavy atom. The summed E-state index contributed by atoms with van der Waals surface area (Å²) in [5.74, 6) is -0.193. The highest BCUT2D eigenvalue weighted by Crippen LogP contribution is 2.11. The molecular weight excluding hydrogens is 279 g/mol. The third-order valence-corrected chi connectivity index (χ3v) is 3.14. The van der Waals surface area contributed by atoms with Crippen molar-refractivity contribution in [2.45, 2.75) is 38.6 Å². The Bertz CT molecular complexity index is 401. The number of hydrogen-bond acceptors (Lipinski definition) is 2. The van der Waals surface area contributed by atoms with Crippen LogP contribution in [0.5, 0.6) is 0 Å². The summed E-state index contributed by atoms with van der Waals surface area (Å²) < 4.78 is 13.5. The van der Waals surface area contributed by atoms with Crippen molar-refractivity contribution in [2.24, 2.45) is 5.73 Å². The first-order valence-corrected chi connectivity index (χ1v) is 6.82. The van der Waals surface area contributed by atoms with Crippen LogP contribution in [-0.2, 0) is 11.3 Å². The van der Waals surface area contributed by atoms with Gasteiger partial charge in [-0.15, -0.1) is 12.4 Å². The third kappa shape index (κ3) is 6.87. The standard InChI is InChI=1S/C15H23FN2O.ClH/c1-18(12-13-8-5-6-9-14(13)16)15(19)10-4-2-3-7-11-17;/h5-6,8-9H,2-4,7,10-12,17H2,1H3;1H. The fourth-order valence-electron chi connectivity index (χ4n) is 1.94. The number of carbonyl (C=O) groups excluding carboxylic acids is 1. The molecule has 0 saturated heterocycles. The molecule has 1 aromatic rings. The maximum absolute atomic E-state index is 13.5. The number of carbonyl (C=O) groups is 1. The second kappa shape index (κ2) is 10.6. The van der Waals surface area contributed by atoms with E-state index in [1.807, 2.05) is 0 Å². The first-order valence-electron chi connectivity index (χ1n) is 6.82. The molecule has 0 aliphatic rings. The Morgan fingerprint density at radius 1 is 1.20 bits per heavy atom. The fraction of sp³-hybridized carbons (Fsp3) is 0.533. The summed E-state index contributed by atoms with van der Waals surface area (Å²) in [5, 5.41) is 0. The molecule has 0 aliphatic carbocycles. The molecule has 0 heterocycles. The van der Waals surface area contributed by atoms with Gasteiger partial charge in [0, 0.05) is 25.6 Å². The maximum Gasteiger partial charge on any atom is 0.222 e. The van der Waals surface area contributed by atoms with Gasteiger partial charge in [0.05, 0.1) is 0 Å². The molecule has 114 valence electrons. The van der Waals surface area contributed by atoms with E-state index >= 15 is 0 Å². The molecule has 0 atom stereocenters. The highest BCUT2D eigenvalue weighted by Gasteiger charge is 2.10. The van der Waals surface area contributed by atoms with Crippen LogP contribution in [0.3, 0.4) is 0 Å². The van der Waals surface area contributed by atoms with Gasteiger partial charge in [0.25, 0.3) is 0 Å². The topological polar surface area (TPSA) is 46.3 Å². The number of halogens is 2. The first kappa shape index (κ1) is 18.9. The van der Waals surface area contributed by atoms with Gasteiger partial charge in [-0.25, -0.2) is 4.39 Å². The smallest absolute Gasteiger partial charge is 0.222 e. The molecule has 0 saturated carbocycles. The summed E-state index contributed by atoms with van der Waals surface area (Å²) in [5.41, 5.74) is 5.97. The summed E-state index contributed by atoms with van der Waals surface area (Å²) in [6.45, 7) is 1.04. The van der Waals surface area contributed by atoms with Crippen molar-refractivity contribution in [1.82, 2.24) is 4.90 Å². The van der Waals surface area contributed by atoms with E-state index in [4.69, 9.17) is 5.73 Å². The lowest BCUT2D eigenvalue weighted by atomic mass is 10.1. The number of nitrogens with zero attached hydrogens (tertiary/aromatic N) is 1. The highest BCUT2D eigenvalue weighted by atomic mass is 35.5. The molecule has 0 aliphatic heterocycles. The first-order chi connectivity index (χ1) is 9.15. The Hall–Kier alpha value is -1.13.